The summed E-state index contributed by atoms with van der Waals surface area (Å²) in [6, 6.07) is 0.707. The first-order chi connectivity index (χ1) is 8.47. The number of nitrogens with zero attached hydrogens (tertiary/aromatic N) is 2. The Morgan fingerprint density at radius 1 is 0.889 bits per heavy atom. The molecule has 0 aliphatic carbocycles. The first kappa shape index (κ1) is 18.8. The van der Waals surface area contributed by atoms with E-state index in [1.54, 1.807) is 12.5 Å². The average Bonchev–Trinajstić information content (AvgIpc) is 2.28. The van der Waals surface area contributed by atoms with E-state index in [4.69, 9.17) is 0 Å². The van der Waals surface area contributed by atoms with Crippen molar-refractivity contribution in [3.05, 3.63) is 0 Å². The van der Waals surface area contributed by atoms with Crippen LogP contribution in [0, 0.1) is 0 Å². The molecule has 0 bridgehead atoms. The van der Waals surface area contributed by atoms with E-state index in [1.807, 2.05) is 0 Å². The van der Waals surface area contributed by atoms with E-state index in [2.05, 4.69) is 51.7 Å². The van der Waals surface area contributed by atoms with Gasteiger partial charge in [0, 0.05) is 0 Å². The quantitative estimate of drug-likeness (QED) is 0.557. The molecule has 0 rings (SSSR count). The molecule has 0 aliphatic rings. The van der Waals surface area contributed by atoms with Crippen LogP contribution in [0.25, 0.3) is 0 Å². The SMILES string of the molecule is CC[CH2][In]([CH2]CCN(C)C)[CH2]CCN(C)C(C)C. The van der Waals surface area contributed by atoms with E-state index >= 15 is 0 Å². The molecular formula is C15H35InN2. The second kappa shape index (κ2) is 11.6. The van der Waals surface area contributed by atoms with Crippen LogP contribution in [0.2, 0.25) is 12.5 Å². The molecule has 0 saturated heterocycles. The molecule has 0 amide bonds. The maximum atomic E-state index is 2.49. The minimum absolute atomic E-state index is 0.707. The Balaban J connectivity index is 3.75. The van der Waals surface area contributed by atoms with Crippen LogP contribution in [-0.4, -0.2) is 71.5 Å². The summed E-state index contributed by atoms with van der Waals surface area (Å²) in [6.07, 6.45) is 4.34. The van der Waals surface area contributed by atoms with Gasteiger partial charge in [0.15, 0.2) is 0 Å². The van der Waals surface area contributed by atoms with E-state index in [9.17, 15) is 0 Å². The summed E-state index contributed by atoms with van der Waals surface area (Å²) in [5, 5.41) is 0. The van der Waals surface area contributed by atoms with Crippen LogP contribution in [-0.2, 0) is 0 Å². The van der Waals surface area contributed by atoms with Gasteiger partial charge < -0.3 is 0 Å². The molecular weight excluding hydrogens is 323 g/mol. The molecule has 0 aromatic carbocycles. The number of hydrogen-bond donors (Lipinski definition) is 0. The van der Waals surface area contributed by atoms with Gasteiger partial charge in [0.2, 0.25) is 0 Å². The van der Waals surface area contributed by atoms with Crippen molar-refractivity contribution in [1.29, 1.82) is 0 Å². The Morgan fingerprint density at radius 2 is 1.44 bits per heavy atom. The Hall–Kier alpha value is 0.790. The average molecular weight is 358 g/mol. The predicted octanol–water partition coefficient (Wildman–Crippen LogP) is 3.57. The van der Waals surface area contributed by atoms with Gasteiger partial charge in [-0.3, -0.25) is 0 Å². The summed E-state index contributed by atoms with van der Waals surface area (Å²) in [4.78, 5) is 4.83. The van der Waals surface area contributed by atoms with Crippen LogP contribution in [0.4, 0.5) is 0 Å². The number of hydrogen-bond acceptors (Lipinski definition) is 2. The molecule has 2 nitrogen and oxygen atoms in total. The molecule has 0 unspecified atom stereocenters. The Labute approximate surface area is 124 Å². The van der Waals surface area contributed by atoms with Crippen LogP contribution in [0.15, 0.2) is 0 Å². The van der Waals surface area contributed by atoms with Crippen LogP contribution in [0.5, 0.6) is 0 Å². The molecule has 0 spiro atoms. The van der Waals surface area contributed by atoms with Gasteiger partial charge in [-0.05, 0) is 0 Å². The summed E-state index contributed by atoms with van der Waals surface area (Å²) >= 11 is -1.15. The second-order valence-electron chi connectivity index (χ2n) is 6.32. The molecule has 0 N–H and O–H groups in total. The van der Waals surface area contributed by atoms with Crippen LogP contribution >= 0.6 is 0 Å². The molecule has 108 valence electrons. The summed E-state index contributed by atoms with van der Waals surface area (Å²) in [5.41, 5.74) is 0. The van der Waals surface area contributed by atoms with Gasteiger partial charge in [-0.2, -0.15) is 0 Å². The summed E-state index contributed by atoms with van der Waals surface area (Å²) in [6.45, 7) is 9.56. The Bertz CT molecular complexity index is 183. The summed E-state index contributed by atoms with van der Waals surface area (Å²) in [5.74, 6) is 0. The molecule has 18 heavy (non-hydrogen) atoms. The number of rotatable bonds is 11. The second-order valence-corrected chi connectivity index (χ2v) is 16.2. The monoisotopic (exact) mass is 358 g/mol. The fraction of sp³-hybridized carbons (Fsp3) is 1.00. The van der Waals surface area contributed by atoms with Gasteiger partial charge >= 0.3 is 124 Å². The fourth-order valence-electron chi connectivity index (χ4n) is 2.43. The first-order valence-electron chi connectivity index (χ1n) is 7.82. The van der Waals surface area contributed by atoms with Crippen molar-refractivity contribution in [2.75, 3.05) is 34.2 Å². The molecule has 0 aromatic rings. The minimum atomic E-state index is -1.15. The third-order valence-electron chi connectivity index (χ3n) is 3.92. The topological polar surface area (TPSA) is 6.48 Å². The van der Waals surface area contributed by atoms with Gasteiger partial charge in [0.1, 0.15) is 0 Å². The normalized spacial score (nSPS) is 11.8. The van der Waals surface area contributed by atoms with Crippen molar-refractivity contribution in [1.82, 2.24) is 9.80 Å². The molecule has 0 fully saturated rings. The van der Waals surface area contributed by atoms with Crippen molar-refractivity contribution >= 4 is 21.4 Å². The molecule has 0 heterocycles. The van der Waals surface area contributed by atoms with Crippen molar-refractivity contribution in [3.8, 4) is 0 Å². The molecule has 0 radical (unpaired) electrons. The van der Waals surface area contributed by atoms with Crippen molar-refractivity contribution in [2.24, 2.45) is 0 Å². The van der Waals surface area contributed by atoms with Crippen molar-refractivity contribution in [2.45, 2.75) is 58.6 Å². The van der Waals surface area contributed by atoms with Crippen molar-refractivity contribution in [3.63, 3.8) is 0 Å². The van der Waals surface area contributed by atoms with Crippen LogP contribution < -0.4 is 0 Å². The van der Waals surface area contributed by atoms with Crippen molar-refractivity contribution < 1.29 is 0 Å². The van der Waals surface area contributed by atoms with E-state index in [0.717, 1.165) is 0 Å². The van der Waals surface area contributed by atoms with Gasteiger partial charge in [-0.1, -0.05) is 0 Å². The van der Waals surface area contributed by atoms with Crippen LogP contribution in [0.1, 0.15) is 40.0 Å². The third-order valence-corrected chi connectivity index (χ3v) is 14.9. The zero-order valence-corrected chi connectivity index (χ0v) is 17.0. The van der Waals surface area contributed by atoms with Gasteiger partial charge in [0.25, 0.3) is 0 Å². The zero-order chi connectivity index (χ0) is 14.0. The van der Waals surface area contributed by atoms with E-state index < -0.39 is 21.4 Å². The van der Waals surface area contributed by atoms with Gasteiger partial charge in [0.05, 0.1) is 0 Å². The molecule has 3 heteroatoms. The maximum absolute atomic E-state index is 2.49. The van der Waals surface area contributed by atoms with E-state index in [0.29, 0.717) is 6.04 Å². The Morgan fingerprint density at radius 3 is 1.89 bits per heavy atom. The van der Waals surface area contributed by atoms with E-state index in [-0.39, 0.29) is 0 Å². The van der Waals surface area contributed by atoms with Crippen LogP contribution in [0.3, 0.4) is 0 Å². The zero-order valence-electron chi connectivity index (χ0n) is 13.7. The molecule has 0 atom stereocenters. The van der Waals surface area contributed by atoms with Gasteiger partial charge in [-0.25, -0.2) is 0 Å². The third kappa shape index (κ3) is 10.7. The fourth-order valence-corrected chi connectivity index (χ4v) is 11.6. The molecule has 0 saturated carbocycles. The Kier molecular flexibility index (Phi) is 12.1. The standard InChI is InChI=1S/C7H16N.C5H12N.C3H7.In/c1-5-6-8(4)7(2)3;1-4-5-6(2)3;1-3-2;/h7H,1,5-6H2,2-4H3;1,4-5H2,2-3H3;1,3H2,2H3;. The molecule has 0 aromatic heterocycles. The predicted molar refractivity (Wildman–Crippen MR) is 86.0 cm³/mol. The molecule has 0 aliphatic heterocycles. The summed E-state index contributed by atoms with van der Waals surface area (Å²) in [7, 11) is 6.66. The summed E-state index contributed by atoms with van der Waals surface area (Å²) < 4.78 is 4.87. The van der Waals surface area contributed by atoms with Gasteiger partial charge in [-0.15, -0.1) is 0 Å². The van der Waals surface area contributed by atoms with E-state index in [1.165, 1.54) is 32.4 Å². The first-order valence-corrected chi connectivity index (χ1v) is 14.8.